The van der Waals surface area contributed by atoms with E-state index >= 15 is 0 Å². The Kier molecular flexibility index (Phi) is 4.84. The first kappa shape index (κ1) is 18.1. The number of rotatable bonds is 6. The van der Waals surface area contributed by atoms with Gasteiger partial charge in [-0.05, 0) is 25.7 Å². The number of aromatic nitrogens is 3. The summed E-state index contributed by atoms with van der Waals surface area (Å²) in [5.74, 6) is 2.97. The average Bonchev–Trinajstić information content (AvgIpc) is 3.58. The molecule has 1 N–H and O–H groups in total. The van der Waals surface area contributed by atoms with Crippen LogP contribution in [0.1, 0.15) is 49.9 Å². The van der Waals surface area contributed by atoms with Crippen LogP contribution in [0.3, 0.4) is 0 Å². The number of halogens is 1. The highest BCUT2D eigenvalue weighted by Crippen LogP contribution is 2.46. The van der Waals surface area contributed by atoms with Crippen molar-refractivity contribution in [1.29, 1.82) is 0 Å². The minimum Gasteiger partial charge on any atom is -0.490 e. The van der Waals surface area contributed by atoms with E-state index in [4.69, 9.17) is 21.1 Å². The van der Waals surface area contributed by atoms with Crippen LogP contribution in [0.25, 0.3) is 0 Å². The summed E-state index contributed by atoms with van der Waals surface area (Å²) >= 11 is 7.74. The van der Waals surface area contributed by atoms with Gasteiger partial charge in [0.05, 0.1) is 29.7 Å². The van der Waals surface area contributed by atoms with E-state index in [9.17, 15) is 4.79 Å². The monoisotopic (exact) mass is 420 g/mol. The largest absolute Gasteiger partial charge is 0.490 e. The Labute approximate surface area is 172 Å². The summed E-state index contributed by atoms with van der Waals surface area (Å²) in [6.45, 7) is 1.17. The van der Waals surface area contributed by atoms with Gasteiger partial charge in [-0.25, -0.2) is 0 Å². The lowest BCUT2D eigenvalue weighted by atomic mass is 10.2. The van der Waals surface area contributed by atoms with Crippen molar-refractivity contribution in [2.75, 3.05) is 24.3 Å². The molecule has 28 heavy (non-hydrogen) atoms. The Morgan fingerprint density at radius 3 is 2.64 bits per heavy atom. The average molecular weight is 421 g/mol. The summed E-state index contributed by atoms with van der Waals surface area (Å²) in [7, 11) is 0. The molecule has 0 saturated heterocycles. The van der Waals surface area contributed by atoms with E-state index in [2.05, 4.69) is 20.1 Å². The maximum atomic E-state index is 12.5. The number of carbonyl (C=O) groups excluding carboxylic acids is 1. The van der Waals surface area contributed by atoms with E-state index in [-0.39, 0.29) is 11.7 Å². The van der Waals surface area contributed by atoms with Crippen molar-refractivity contribution in [3.8, 4) is 11.5 Å². The number of nitrogens with zero attached hydrogens (tertiary/aromatic N) is 3. The van der Waals surface area contributed by atoms with Crippen LogP contribution in [-0.4, -0.2) is 39.6 Å². The summed E-state index contributed by atoms with van der Waals surface area (Å²) < 4.78 is 13.5. The molecule has 1 aromatic heterocycles. The number of hydrogen-bond acceptors (Lipinski definition) is 6. The zero-order valence-electron chi connectivity index (χ0n) is 15.3. The first-order chi connectivity index (χ1) is 13.7. The van der Waals surface area contributed by atoms with Gasteiger partial charge < -0.3 is 19.4 Å². The number of amides is 1. The summed E-state index contributed by atoms with van der Waals surface area (Å²) in [5, 5.41) is 12.9. The first-order valence-corrected chi connectivity index (χ1v) is 11.0. The molecule has 148 valence electrons. The minimum absolute atomic E-state index is 0.139. The molecular weight excluding hydrogens is 400 g/mol. The van der Waals surface area contributed by atoms with Gasteiger partial charge in [-0.3, -0.25) is 4.79 Å². The van der Waals surface area contributed by atoms with Crippen LogP contribution in [0.2, 0.25) is 5.02 Å². The number of anilines is 1. The maximum absolute atomic E-state index is 12.5. The van der Waals surface area contributed by atoms with E-state index in [1.807, 2.05) is 0 Å². The van der Waals surface area contributed by atoms with E-state index < -0.39 is 0 Å². The smallest absolute Gasteiger partial charge is 0.234 e. The third kappa shape index (κ3) is 3.80. The van der Waals surface area contributed by atoms with Gasteiger partial charge in [-0.2, -0.15) is 0 Å². The summed E-state index contributed by atoms with van der Waals surface area (Å²) in [6, 6.07) is 3.92. The van der Waals surface area contributed by atoms with Gasteiger partial charge in [0.2, 0.25) is 5.91 Å². The predicted octanol–water partition coefficient (Wildman–Crippen LogP) is 4.04. The van der Waals surface area contributed by atoms with E-state index in [0.717, 1.165) is 17.4 Å². The van der Waals surface area contributed by atoms with Gasteiger partial charge in [0, 0.05) is 30.5 Å². The Morgan fingerprint density at radius 2 is 1.93 bits per heavy atom. The second kappa shape index (κ2) is 7.48. The normalized spacial score (nSPS) is 18.6. The molecule has 5 rings (SSSR count). The molecule has 2 aliphatic carbocycles. The molecule has 0 spiro atoms. The van der Waals surface area contributed by atoms with Crippen LogP contribution in [0.15, 0.2) is 17.3 Å². The van der Waals surface area contributed by atoms with Crippen molar-refractivity contribution >= 4 is 35.0 Å². The van der Waals surface area contributed by atoms with Crippen LogP contribution in [-0.2, 0) is 4.79 Å². The number of thioether (sulfide) groups is 1. The van der Waals surface area contributed by atoms with Gasteiger partial charge in [-0.1, -0.05) is 23.4 Å². The van der Waals surface area contributed by atoms with Crippen LogP contribution in [0, 0.1) is 0 Å². The molecule has 2 heterocycles. The molecule has 0 bridgehead atoms. The van der Waals surface area contributed by atoms with Crippen LogP contribution in [0.4, 0.5) is 5.69 Å². The van der Waals surface area contributed by atoms with Gasteiger partial charge in [0.25, 0.3) is 0 Å². The SMILES string of the molecule is O=C(CSc1nnc(C2CC2)n1C1CC1)Nc1cc2c(cc1Cl)OCCCO2. The molecule has 0 radical (unpaired) electrons. The van der Waals surface area contributed by atoms with E-state index in [0.29, 0.717) is 47.4 Å². The Hall–Kier alpha value is -1.93. The number of nitrogens with one attached hydrogen (secondary N) is 1. The molecule has 3 aliphatic rings. The maximum Gasteiger partial charge on any atom is 0.234 e. The quantitative estimate of drug-likeness (QED) is 0.710. The number of benzene rings is 1. The number of fused-ring (bicyclic) bond motifs is 1. The lowest BCUT2D eigenvalue weighted by Gasteiger charge is -2.12. The molecule has 0 unspecified atom stereocenters. The number of hydrogen-bond donors (Lipinski definition) is 1. The van der Waals surface area contributed by atoms with Crippen molar-refractivity contribution in [2.24, 2.45) is 0 Å². The zero-order chi connectivity index (χ0) is 19.1. The standard InChI is InChI=1S/C19H21ClN4O3S/c20-13-8-15-16(27-7-1-6-26-15)9-14(13)21-17(25)10-28-19-23-22-18(11-2-3-11)24(19)12-4-5-12/h8-9,11-12H,1-7,10H2,(H,21,25). The van der Waals surface area contributed by atoms with Gasteiger partial charge in [0.1, 0.15) is 5.82 Å². The molecule has 2 fully saturated rings. The Bertz CT molecular complexity index is 911. The third-order valence-electron chi connectivity index (χ3n) is 4.99. The topological polar surface area (TPSA) is 78.3 Å². The minimum atomic E-state index is -0.139. The molecule has 2 saturated carbocycles. The van der Waals surface area contributed by atoms with Crippen molar-refractivity contribution in [2.45, 2.75) is 49.2 Å². The molecular formula is C19H21ClN4O3S. The van der Waals surface area contributed by atoms with Crippen LogP contribution >= 0.6 is 23.4 Å². The highest BCUT2D eigenvalue weighted by Gasteiger charge is 2.36. The first-order valence-electron chi connectivity index (χ1n) is 9.65. The lowest BCUT2D eigenvalue weighted by molar-refractivity contribution is -0.113. The number of ether oxygens (including phenoxy) is 2. The summed E-state index contributed by atoms with van der Waals surface area (Å²) in [6.07, 6.45) is 5.54. The molecule has 7 nitrogen and oxygen atoms in total. The summed E-state index contributed by atoms with van der Waals surface area (Å²) in [4.78, 5) is 12.5. The van der Waals surface area contributed by atoms with Gasteiger partial charge in [-0.15, -0.1) is 10.2 Å². The van der Waals surface area contributed by atoms with Gasteiger partial charge in [0.15, 0.2) is 16.7 Å². The van der Waals surface area contributed by atoms with Crippen LogP contribution in [0.5, 0.6) is 11.5 Å². The third-order valence-corrected chi connectivity index (χ3v) is 6.24. The zero-order valence-corrected chi connectivity index (χ0v) is 16.9. The van der Waals surface area contributed by atoms with E-state index in [1.54, 1.807) is 12.1 Å². The van der Waals surface area contributed by atoms with Crippen molar-refractivity contribution in [3.63, 3.8) is 0 Å². The molecule has 1 aromatic carbocycles. The Morgan fingerprint density at radius 1 is 1.18 bits per heavy atom. The lowest BCUT2D eigenvalue weighted by Crippen LogP contribution is -2.15. The highest BCUT2D eigenvalue weighted by atomic mass is 35.5. The van der Waals surface area contributed by atoms with Crippen molar-refractivity contribution in [1.82, 2.24) is 14.8 Å². The van der Waals surface area contributed by atoms with Gasteiger partial charge >= 0.3 is 0 Å². The molecule has 1 amide bonds. The predicted molar refractivity (Wildman–Crippen MR) is 107 cm³/mol. The second-order valence-electron chi connectivity index (χ2n) is 7.38. The van der Waals surface area contributed by atoms with Crippen molar-refractivity contribution in [3.05, 3.63) is 23.0 Å². The molecule has 0 atom stereocenters. The summed E-state index contributed by atoms with van der Waals surface area (Å²) in [5.41, 5.74) is 0.527. The van der Waals surface area contributed by atoms with E-state index in [1.165, 1.54) is 37.4 Å². The van der Waals surface area contributed by atoms with Crippen molar-refractivity contribution < 1.29 is 14.3 Å². The molecule has 1 aliphatic heterocycles. The number of carbonyl (C=O) groups is 1. The fourth-order valence-electron chi connectivity index (χ4n) is 3.28. The fourth-order valence-corrected chi connectivity index (χ4v) is 4.29. The highest BCUT2D eigenvalue weighted by molar-refractivity contribution is 7.99. The fraction of sp³-hybridized carbons (Fsp3) is 0.526. The molecule has 2 aromatic rings. The van der Waals surface area contributed by atoms with Crippen LogP contribution < -0.4 is 14.8 Å². The second-order valence-corrected chi connectivity index (χ2v) is 8.73. The Balaban J connectivity index is 1.25. The molecule has 9 heteroatoms.